The predicted octanol–water partition coefficient (Wildman–Crippen LogP) is 4.82. The first-order valence-corrected chi connectivity index (χ1v) is 7.45. The maximum absolute atomic E-state index is 5.60. The number of hydrogen-bond donors (Lipinski definition) is 1. The molecule has 23 heavy (non-hydrogen) atoms. The summed E-state index contributed by atoms with van der Waals surface area (Å²) >= 11 is 0. The number of nitrogens with zero attached hydrogens (tertiary/aromatic N) is 2. The van der Waals surface area contributed by atoms with Gasteiger partial charge in [0.05, 0.1) is 5.71 Å². The zero-order valence-corrected chi connectivity index (χ0v) is 12.7. The van der Waals surface area contributed by atoms with E-state index in [0.717, 1.165) is 22.4 Å². The molecule has 0 unspecified atom stereocenters. The van der Waals surface area contributed by atoms with Crippen molar-refractivity contribution in [1.29, 1.82) is 0 Å². The van der Waals surface area contributed by atoms with Gasteiger partial charge in [-0.15, -0.1) is 0 Å². The van der Waals surface area contributed by atoms with E-state index in [9.17, 15) is 0 Å². The van der Waals surface area contributed by atoms with Gasteiger partial charge in [-0.05, 0) is 41.5 Å². The van der Waals surface area contributed by atoms with Crippen LogP contribution < -0.4 is 5.43 Å². The fourth-order valence-corrected chi connectivity index (χ4v) is 2.53. The van der Waals surface area contributed by atoms with Crippen LogP contribution >= 0.6 is 0 Å². The summed E-state index contributed by atoms with van der Waals surface area (Å²) < 4.78 is 5.60. The second-order valence-corrected chi connectivity index (χ2v) is 5.36. The van der Waals surface area contributed by atoms with E-state index in [1.165, 1.54) is 10.8 Å². The van der Waals surface area contributed by atoms with Gasteiger partial charge in [0.2, 0.25) is 0 Å². The van der Waals surface area contributed by atoms with Crippen LogP contribution in [0.2, 0.25) is 0 Å². The third-order valence-corrected chi connectivity index (χ3v) is 3.78. The molecule has 1 heterocycles. The molecule has 0 atom stereocenters. The van der Waals surface area contributed by atoms with Crippen LogP contribution in [0.4, 0.5) is 6.01 Å². The molecule has 1 aromatic heterocycles. The molecular weight excluding hydrogens is 286 g/mol. The number of para-hydroxylation sites is 2. The number of hydrazone groups is 1. The number of aromatic nitrogens is 1. The Morgan fingerprint density at radius 3 is 2.61 bits per heavy atom. The third-order valence-electron chi connectivity index (χ3n) is 3.78. The van der Waals surface area contributed by atoms with Crippen LogP contribution in [0.1, 0.15) is 12.5 Å². The number of anilines is 1. The second-order valence-electron chi connectivity index (χ2n) is 5.36. The number of benzene rings is 3. The summed E-state index contributed by atoms with van der Waals surface area (Å²) in [6, 6.07) is 22.6. The van der Waals surface area contributed by atoms with E-state index in [0.29, 0.717) is 6.01 Å². The van der Waals surface area contributed by atoms with Crippen LogP contribution in [0.25, 0.3) is 21.9 Å². The number of oxazole rings is 1. The number of hydrogen-bond acceptors (Lipinski definition) is 4. The first-order chi connectivity index (χ1) is 11.3. The summed E-state index contributed by atoms with van der Waals surface area (Å²) in [4.78, 5) is 4.34. The van der Waals surface area contributed by atoms with Crippen molar-refractivity contribution in [2.75, 3.05) is 5.43 Å². The van der Waals surface area contributed by atoms with Gasteiger partial charge in [0.15, 0.2) is 5.58 Å². The number of fused-ring (bicyclic) bond motifs is 2. The molecule has 112 valence electrons. The lowest BCUT2D eigenvalue weighted by molar-refractivity contribution is 0.617. The molecule has 0 amide bonds. The van der Waals surface area contributed by atoms with Gasteiger partial charge in [0, 0.05) is 0 Å². The third kappa shape index (κ3) is 2.66. The highest BCUT2D eigenvalue weighted by atomic mass is 16.4. The van der Waals surface area contributed by atoms with Crippen LogP contribution in [0.15, 0.2) is 76.2 Å². The predicted molar refractivity (Wildman–Crippen MR) is 93.8 cm³/mol. The van der Waals surface area contributed by atoms with Crippen molar-refractivity contribution < 1.29 is 4.42 Å². The Morgan fingerprint density at radius 1 is 0.957 bits per heavy atom. The molecule has 0 saturated carbocycles. The standard InChI is InChI=1S/C19H15N3O/c1-13(15-11-10-14-6-2-3-7-16(14)12-15)21-22-19-20-17-8-4-5-9-18(17)23-19/h2-12H,1H3,(H,20,22)/b21-13-. The molecule has 0 aliphatic heterocycles. The van der Waals surface area contributed by atoms with Crippen molar-refractivity contribution in [3.63, 3.8) is 0 Å². The van der Waals surface area contributed by atoms with Gasteiger partial charge in [-0.1, -0.05) is 48.5 Å². The normalized spacial score (nSPS) is 12.0. The molecular formula is C19H15N3O. The smallest absolute Gasteiger partial charge is 0.316 e. The lowest BCUT2D eigenvalue weighted by atomic mass is 10.0. The Balaban J connectivity index is 1.61. The van der Waals surface area contributed by atoms with Crippen molar-refractivity contribution in [1.82, 2.24) is 4.98 Å². The van der Waals surface area contributed by atoms with E-state index < -0.39 is 0 Å². The average Bonchev–Trinajstić information content (AvgIpc) is 3.02. The van der Waals surface area contributed by atoms with E-state index in [-0.39, 0.29) is 0 Å². The molecule has 4 heteroatoms. The molecule has 0 radical (unpaired) electrons. The van der Waals surface area contributed by atoms with Gasteiger partial charge < -0.3 is 4.42 Å². The number of rotatable bonds is 3. The fourth-order valence-electron chi connectivity index (χ4n) is 2.53. The minimum absolute atomic E-state index is 0.395. The molecule has 0 aliphatic carbocycles. The van der Waals surface area contributed by atoms with Gasteiger partial charge in [-0.25, -0.2) is 5.43 Å². The molecule has 0 spiro atoms. The Bertz CT molecular complexity index is 984. The minimum Gasteiger partial charge on any atom is -0.422 e. The van der Waals surface area contributed by atoms with E-state index >= 15 is 0 Å². The molecule has 4 rings (SSSR count). The van der Waals surface area contributed by atoms with E-state index in [4.69, 9.17) is 4.42 Å². The number of nitrogens with one attached hydrogen (secondary N) is 1. The van der Waals surface area contributed by atoms with Gasteiger partial charge in [-0.2, -0.15) is 10.1 Å². The summed E-state index contributed by atoms with van der Waals surface area (Å²) in [7, 11) is 0. The monoisotopic (exact) mass is 301 g/mol. The van der Waals surface area contributed by atoms with E-state index in [1.807, 2.05) is 43.3 Å². The Kier molecular flexibility index (Phi) is 3.27. The summed E-state index contributed by atoms with van der Waals surface area (Å²) in [6.07, 6.45) is 0. The van der Waals surface area contributed by atoms with E-state index in [1.54, 1.807) is 0 Å². The van der Waals surface area contributed by atoms with Crippen LogP contribution in [0.5, 0.6) is 0 Å². The fraction of sp³-hybridized carbons (Fsp3) is 0.0526. The van der Waals surface area contributed by atoms with Gasteiger partial charge >= 0.3 is 6.01 Å². The van der Waals surface area contributed by atoms with Crippen molar-refractivity contribution in [2.24, 2.45) is 5.10 Å². The molecule has 4 aromatic rings. The van der Waals surface area contributed by atoms with E-state index in [2.05, 4.69) is 45.8 Å². The van der Waals surface area contributed by atoms with Crippen molar-refractivity contribution >= 4 is 33.6 Å². The van der Waals surface area contributed by atoms with Gasteiger partial charge in [0.25, 0.3) is 0 Å². The molecule has 4 nitrogen and oxygen atoms in total. The molecule has 0 saturated heterocycles. The summed E-state index contributed by atoms with van der Waals surface area (Å²) in [5.74, 6) is 0. The van der Waals surface area contributed by atoms with Crippen molar-refractivity contribution in [3.05, 3.63) is 72.3 Å². The van der Waals surface area contributed by atoms with Crippen LogP contribution in [-0.2, 0) is 0 Å². The summed E-state index contributed by atoms with van der Waals surface area (Å²) in [5.41, 5.74) is 6.38. The van der Waals surface area contributed by atoms with Crippen molar-refractivity contribution in [2.45, 2.75) is 6.92 Å². The molecule has 0 bridgehead atoms. The SMILES string of the molecule is C/C(=N/Nc1nc2ccccc2o1)c1ccc2ccccc2c1. The zero-order valence-electron chi connectivity index (χ0n) is 12.7. The maximum Gasteiger partial charge on any atom is 0.316 e. The second kappa shape index (κ2) is 5.57. The zero-order chi connectivity index (χ0) is 15.6. The Labute approximate surface area is 133 Å². The lowest BCUT2D eigenvalue weighted by Crippen LogP contribution is -1.99. The van der Waals surface area contributed by atoms with Crippen LogP contribution in [0.3, 0.4) is 0 Å². The highest BCUT2D eigenvalue weighted by Crippen LogP contribution is 2.19. The van der Waals surface area contributed by atoms with Gasteiger partial charge in [-0.3, -0.25) is 0 Å². The van der Waals surface area contributed by atoms with Crippen LogP contribution in [-0.4, -0.2) is 10.7 Å². The Morgan fingerprint density at radius 2 is 1.74 bits per heavy atom. The highest BCUT2D eigenvalue weighted by molar-refractivity contribution is 6.02. The van der Waals surface area contributed by atoms with Gasteiger partial charge in [0.1, 0.15) is 5.52 Å². The largest absolute Gasteiger partial charge is 0.422 e. The molecule has 3 aromatic carbocycles. The molecule has 1 N–H and O–H groups in total. The molecule has 0 fully saturated rings. The quantitative estimate of drug-likeness (QED) is 0.436. The maximum atomic E-state index is 5.60. The first-order valence-electron chi connectivity index (χ1n) is 7.45. The summed E-state index contributed by atoms with van der Waals surface area (Å²) in [5, 5.41) is 6.79. The average molecular weight is 301 g/mol. The minimum atomic E-state index is 0.395. The lowest BCUT2D eigenvalue weighted by Gasteiger charge is -2.03. The Hall–Kier alpha value is -3.14. The highest BCUT2D eigenvalue weighted by Gasteiger charge is 2.04. The van der Waals surface area contributed by atoms with Crippen molar-refractivity contribution in [3.8, 4) is 0 Å². The van der Waals surface area contributed by atoms with Crippen LogP contribution in [0, 0.1) is 0 Å². The molecule has 0 aliphatic rings. The summed E-state index contributed by atoms with van der Waals surface area (Å²) in [6.45, 7) is 1.96. The topological polar surface area (TPSA) is 50.4 Å². The first kappa shape index (κ1) is 13.5.